The van der Waals surface area contributed by atoms with E-state index in [2.05, 4.69) is 5.32 Å². The van der Waals surface area contributed by atoms with Crippen molar-refractivity contribution in [2.24, 2.45) is 0 Å². The second-order valence-electron chi connectivity index (χ2n) is 7.92. The number of sulfonamides is 1. The minimum absolute atomic E-state index is 0.0352. The molecule has 0 heterocycles. The van der Waals surface area contributed by atoms with E-state index in [1.807, 2.05) is 42.0 Å². The Morgan fingerprint density at radius 1 is 0.971 bits per heavy atom. The number of hydrogen-bond donors (Lipinski definition) is 2. The van der Waals surface area contributed by atoms with E-state index in [1.165, 1.54) is 17.0 Å². The van der Waals surface area contributed by atoms with Gasteiger partial charge in [-0.3, -0.25) is 4.79 Å². The van der Waals surface area contributed by atoms with Crippen LogP contribution >= 0.6 is 0 Å². The fraction of sp³-hybridized carbons (Fsp3) is 0.231. The summed E-state index contributed by atoms with van der Waals surface area (Å²) >= 11 is 0. The van der Waals surface area contributed by atoms with Gasteiger partial charge in [0.1, 0.15) is 11.8 Å². The van der Waals surface area contributed by atoms with Crippen molar-refractivity contribution in [3.05, 3.63) is 90.0 Å². The van der Waals surface area contributed by atoms with E-state index in [9.17, 15) is 18.0 Å². The molecule has 2 N–H and O–H groups in total. The molecule has 184 valence electrons. The SMILES string of the molecule is CCN(C(=O)C(Cc1ccccc1)NC(=O)NS(=O)(=O)c1cccc(C)c1)c1ccc(OC)cc1. The maximum absolute atomic E-state index is 13.6. The lowest BCUT2D eigenvalue weighted by molar-refractivity contribution is -0.120. The minimum Gasteiger partial charge on any atom is -0.497 e. The van der Waals surface area contributed by atoms with Crippen LogP contribution in [0.4, 0.5) is 10.5 Å². The number of amides is 3. The van der Waals surface area contributed by atoms with Crippen molar-refractivity contribution in [2.45, 2.75) is 31.2 Å². The summed E-state index contributed by atoms with van der Waals surface area (Å²) in [4.78, 5) is 27.8. The van der Waals surface area contributed by atoms with E-state index >= 15 is 0 Å². The standard InChI is InChI=1S/C26H29N3O5S/c1-4-29(21-13-15-22(34-3)16-14-21)25(30)24(18-20-10-6-5-7-11-20)27-26(31)28-35(32,33)23-12-8-9-19(2)17-23/h5-17,24H,4,18H2,1-3H3,(H2,27,28,31). The van der Waals surface area contributed by atoms with Gasteiger partial charge in [0.2, 0.25) is 5.91 Å². The molecule has 0 aliphatic rings. The lowest BCUT2D eigenvalue weighted by Crippen LogP contribution is -2.53. The third-order valence-corrected chi connectivity index (χ3v) is 6.71. The molecule has 0 saturated heterocycles. The van der Waals surface area contributed by atoms with Crippen molar-refractivity contribution in [3.8, 4) is 5.75 Å². The zero-order valence-corrected chi connectivity index (χ0v) is 20.7. The number of nitrogens with zero attached hydrogens (tertiary/aromatic N) is 1. The van der Waals surface area contributed by atoms with Gasteiger partial charge in [0, 0.05) is 18.7 Å². The van der Waals surface area contributed by atoms with Crippen LogP contribution in [0.3, 0.4) is 0 Å². The Hall–Kier alpha value is -3.85. The maximum atomic E-state index is 13.6. The van der Waals surface area contributed by atoms with Gasteiger partial charge in [0.25, 0.3) is 10.0 Å². The molecule has 0 aliphatic carbocycles. The summed E-state index contributed by atoms with van der Waals surface area (Å²) in [5.41, 5.74) is 2.19. The average Bonchev–Trinajstić information content (AvgIpc) is 2.84. The first-order chi connectivity index (χ1) is 16.7. The Labute approximate surface area is 206 Å². The Kier molecular flexibility index (Phi) is 8.48. The topological polar surface area (TPSA) is 105 Å². The van der Waals surface area contributed by atoms with E-state index in [0.717, 1.165) is 11.1 Å². The van der Waals surface area contributed by atoms with E-state index in [1.54, 1.807) is 50.4 Å². The molecule has 0 bridgehead atoms. The van der Waals surface area contributed by atoms with Crippen LogP contribution in [0, 0.1) is 6.92 Å². The van der Waals surface area contributed by atoms with Gasteiger partial charge in [-0.2, -0.15) is 0 Å². The summed E-state index contributed by atoms with van der Waals surface area (Å²) in [5.74, 6) is 0.279. The van der Waals surface area contributed by atoms with E-state index in [4.69, 9.17) is 4.74 Å². The van der Waals surface area contributed by atoms with Gasteiger partial charge in [-0.25, -0.2) is 17.9 Å². The minimum atomic E-state index is -4.11. The van der Waals surface area contributed by atoms with Crippen molar-refractivity contribution < 1.29 is 22.7 Å². The van der Waals surface area contributed by atoms with Crippen molar-refractivity contribution in [1.29, 1.82) is 0 Å². The second-order valence-corrected chi connectivity index (χ2v) is 9.60. The fourth-order valence-corrected chi connectivity index (χ4v) is 4.64. The highest BCUT2D eigenvalue weighted by Gasteiger charge is 2.28. The highest BCUT2D eigenvalue weighted by molar-refractivity contribution is 7.90. The van der Waals surface area contributed by atoms with Crippen LogP contribution in [0.25, 0.3) is 0 Å². The Balaban J connectivity index is 1.84. The number of anilines is 1. The molecule has 3 amide bonds. The molecule has 35 heavy (non-hydrogen) atoms. The van der Waals surface area contributed by atoms with Crippen LogP contribution in [-0.2, 0) is 21.2 Å². The highest BCUT2D eigenvalue weighted by atomic mass is 32.2. The molecule has 0 aliphatic heterocycles. The summed E-state index contributed by atoms with van der Waals surface area (Å²) in [7, 11) is -2.56. The second kappa shape index (κ2) is 11.5. The van der Waals surface area contributed by atoms with Gasteiger partial charge in [0.05, 0.1) is 12.0 Å². The van der Waals surface area contributed by atoms with Crippen molar-refractivity contribution >= 4 is 27.6 Å². The molecule has 0 radical (unpaired) electrons. The van der Waals surface area contributed by atoms with E-state index < -0.39 is 22.1 Å². The number of aryl methyl sites for hydroxylation is 1. The molecule has 0 fully saturated rings. The molecule has 0 spiro atoms. The number of benzene rings is 3. The molecule has 1 unspecified atom stereocenters. The molecule has 0 saturated carbocycles. The van der Waals surface area contributed by atoms with Crippen molar-refractivity contribution in [3.63, 3.8) is 0 Å². The first-order valence-electron chi connectivity index (χ1n) is 11.1. The van der Waals surface area contributed by atoms with E-state index in [-0.39, 0.29) is 17.2 Å². The van der Waals surface area contributed by atoms with Crippen molar-refractivity contribution in [1.82, 2.24) is 10.0 Å². The quantitative estimate of drug-likeness (QED) is 0.472. The Morgan fingerprint density at radius 2 is 1.66 bits per heavy atom. The molecule has 0 aromatic heterocycles. The molecular formula is C26H29N3O5S. The van der Waals surface area contributed by atoms with Gasteiger partial charge in [-0.05, 0) is 61.4 Å². The van der Waals surface area contributed by atoms with Crippen molar-refractivity contribution in [2.75, 3.05) is 18.6 Å². The van der Waals surface area contributed by atoms with Gasteiger partial charge < -0.3 is 15.0 Å². The number of hydrogen-bond acceptors (Lipinski definition) is 5. The largest absolute Gasteiger partial charge is 0.497 e. The molecule has 8 nitrogen and oxygen atoms in total. The Morgan fingerprint density at radius 3 is 2.26 bits per heavy atom. The molecule has 3 rings (SSSR count). The molecule has 3 aromatic rings. The van der Waals surface area contributed by atoms with Gasteiger partial charge in [0.15, 0.2) is 0 Å². The number of rotatable bonds is 9. The molecular weight excluding hydrogens is 466 g/mol. The predicted octanol–water partition coefficient (Wildman–Crippen LogP) is 3.66. The number of methoxy groups -OCH3 is 1. The van der Waals surface area contributed by atoms with Gasteiger partial charge in [-0.15, -0.1) is 0 Å². The maximum Gasteiger partial charge on any atom is 0.329 e. The van der Waals surface area contributed by atoms with Crippen LogP contribution in [0.1, 0.15) is 18.1 Å². The number of carbonyl (C=O) groups is 2. The summed E-state index contributed by atoms with van der Waals surface area (Å²) in [5, 5.41) is 2.57. The third-order valence-electron chi connectivity index (χ3n) is 5.38. The van der Waals surface area contributed by atoms with Crippen LogP contribution < -0.4 is 19.7 Å². The van der Waals surface area contributed by atoms with Crippen LogP contribution in [-0.4, -0.2) is 40.1 Å². The van der Waals surface area contributed by atoms with Crippen LogP contribution in [0.15, 0.2) is 83.8 Å². The van der Waals surface area contributed by atoms with Crippen LogP contribution in [0.2, 0.25) is 0 Å². The first kappa shape index (κ1) is 25.8. The smallest absolute Gasteiger partial charge is 0.329 e. The summed E-state index contributed by atoms with van der Waals surface area (Å²) < 4.78 is 32.6. The number of ether oxygens (including phenoxy) is 1. The highest BCUT2D eigenvalue weighted by Crippen LogP contribution is 2.21. The number of nitrogens with one attached hydrogen (secondary N) is 2. The fourth-order valence-electron chi connectivity index (χ4n) is 3.62. The molecule has 9 heteroatoms. The predicted molar refractivity (Wildman–Crippen MR) is 135 cm³/mol. The van der Waals surface area contributed by atoms with Gasteiger partial charge in [-0.1, -0.05) is 42.5 Å². The van der Waals surface area contributed by atoms with Gasteiger partial charge >= 0.3 is 6.03 Å². The summed E-state index contributed by atoms with van der Waals surface area (Å²) in [6.45, 7) is 3.93. The lowest BCUT2D eigenvalue weighted by Gasteiger charge is -2.27. The average molecular weight is 496 g/mol. The zero-order valence-electron chi connectivity index (χ0n) is 19.9. The molecule has 3 aromatic carbocycles. The summed E-state index contributed by atoms with van der Waals surface area (Å²) in [6.07, 6.45) is 0.185. The first-order valence-corrected chi connectivity index (χ1v) is 12.6. The number of likely N-dealkylation sites (N-methyl/N-ethyl adjacent to an activating group) is 1. The van der Waals surface area contributed by atoms with Crippen LogP contribution in [0.5, 0.6) is 5.75 Å². The normalized spacial score (nSPS) is 11.9. The Bertz CT molecular complexity index is 1260. The number of urea groups is 1. The number of carbonyl (C=O) groups excluding carboxylic acids is 2. The third kappa shape index (κ3) is 6.83. The monoisotopic (exact) mass is 495 g/mol. The molecule has 1 atom stereocenters. The lowest BCUT2D eigenvalue weighted by atomic mass is 10.0. The van der Waals surface area contributed by atoms with E-state index in [0.29, 0.717) is 18.0 Å². The zero-order chi connectivity index (χ0) is 25.4. The summed E-state index contributed by atoms with van der Waals surface area (Å²) in [6, 6.07) is 20.4.